The lowest BCUT2D eigenvalue weighted by Gasteiger charge is -2.38. The number of ether oxygens (including phenoxy) is 1. The zero-order valence-electron chi connectivity index (χ0n) is 21.6. The van der Waals surface area contributed by atoms with Gasteiger partial charge in [0, 0.05) is 48.2 Å². The summed E-state index contributed by atoms with van der Waals surface area (Å²) in [5, 5.41) is 2.97. The topological polar surface area (TPSA) is 76.5 Å². The molecular formula is C29H36N4O3. The van der Waals surface area contributed by atoms with E-state index in [2.05, 4.69) is 42.6 Å². The van der Waals surface area contributed by atoms with Crippen molar-refractivity contribution in [3.63, 3.8) is 0 Å². The van der Waals surface area contributed by atoms with Gasteiger partial charge in [0.15, 0.2) is 6.61 Å². The van der Waals surface area contributed by atoms with Crippen LogP contribution < -0.4 is 10.1 Å². The van der Waals surface area contributed by atoms with Gasteiger partial charge in [0.1, 0.15) is 11.6 Å². The van der Waals surface area contributed by atoms with Crippen molar-refractivity contribution in [3.8, 4) is 5.75 Å². The summed E-state index contributed by atoms with van der Waals surface area (Å²) in [6.45, 7) is 9.13. The van der Waals surface area contributed by atoms with Gasteiger partial charge < -0.3 is 19.5 Å². The van der Waals surface area contributed by atoms with E-state index in [9.17, 15) is 9.59 Å². The lowest BCUT2D eigenvalue weighted by atomic mass is 9.97. The quantitative estimate of drug-likeness (QED) is 0.456. The molecule has 2 unspecified atom stereocenters. The van der Waals surface area contributed by atoms with Gasteiger partial charge >= 0.3 is 0 Å². The highest BCUT2D eigenvalue weighted by Gasteiger charge is 2.29. The number of aromatic nitrogens is 2. The molecule has 2 aromatic carbocycles. The maximum absolute atomic E-state index is 12.8. The second-order valence-corrected chi connectivity index (χ2v) is 9.97. The predicted molar refractivity (Wildman–Crippen MR) is 141 cm³/mol. The van der Waals surface area contributed by atoms with Crippen LogP contribution in [0.15, 0.2) is 60.9 Å². The molecule has 190 valence electrons. The molecule has 2 heterocycles. The van der Waals surface area contributed by atoms with Crippen LogP contribution in [0.5, 0.6) is 5.75 Å². The highest BCUT2D eigenvalue weighted by Crippen LogP contribution is 2.23. The zero-order chi connectivity index (χ0) is 25.7. The minimum atomic E-state index is -0.198. The second-order valence-electron chi connectivity index (χ2n) is 9.97. The van der Waals surface area contributed by atoms with Crippen LogP contribution in [0.4, 0.5) is 5.69 Å². The predicted octanol–water partition coefficient (Wildman–Crippen LogP) is 5.48. The van der Waals surface area contributed by atoms with Gasteiger partial charge in [-0.25, -0.2) is 4.98 Å². The Morgan fingerprint density at radius 3 is 2.50 bits per heavy atom. The monoisotopic (exact) mass is 488 g/mol. The molecule has 1 saturated heterocycles. The molecule has 1 aliphatic rings. The van der Waals surface area contributed by atoms with E-state index in [1.54, 1.807) is 24.3 Å². The lowest BCUT2D eigenvalue weighted by molar-refractivity contribution is -0.139. The molecule has 3 aromatic rings. The minimum Gasteiger partial charge on any atom is -0.484 e. The number of benzene rings is 2. The molecule has 0 bridgehead atoms. The van der Waals surface area contributed by atoms with Gasteiger partial charge in [0.25, 0.3) is 11.8 Å². The zero-order valence-corrected chi connectivity index (χ0v) is 21.6. The lowest BCUT2D eigenvalue weighted by Crippen LogP contribution is -2.49. The van der Waals surface area contributed by atoms with E-state index in [-0.39, 0.29) is 30.5 Å². The molecule has 4 rings (SSSR count). The van der Waals surface area contributed by atoms with E-state index < -0.39 is 0 Å². The third-order valence-electron chi connectivity index (χ3n) is 6.76. The van der Waals surface area contributed by atoms with Crippen molar-refractivity contribution in [1.82, 2.24) is 14.5 Å². The number of amides is 2. The summed E-state index contributed by atoms with van der Waals surface area (Å²) in [6, 6.07) is 15.2. The van der Waals surface area contributed by atoms with Crippen LogP contribution in [0.25, 0.3) is 0 Å². The molecule has 1 N–H and O–H groups in total. The van der Waals surface area contributed by atoms with Crippen LogP contribution in [-0.2, 0) is 11.3 Å². The molecule has 1 fully saturated rings. The number of rotatable bonds is 8. The third-order valence-corrected chi connectivity index (χ3v) is 6.76. The van der Waals surface area contributed by atoms with Gasteiger partial charge in [0.05, 0.1) is 0 Å². The fraction of sp³-hybridized carbons (Fsp3) is 0.414. The van der Waals surface area contributed by atoms with Gasteiger partial charge in [0.2, 0.25) is 0 Å². The Morgan fingerprint density at radius 1 is 1.08 bits per heavy atom. The highest BCUT2D eigenvalue weighted by molar-refractivity contribution is 6.04. The molecular weight excluding hydrogens is 452 g/mol. The van der Waals surface area contributed by atoms with E-state index in [1.807, 2.05) is 41.6 Å². The Bertz CT molecular complexity index is 1180. The van der Waals surface area contributed by atoms with Crippen molar-refractivity contribution in [3.05, 3.63) is 77.9 Å². The first-order valence-corrected chi connectivity index (χ1v) is 12.8. The summed E-state index contributed by atoms with van der Waals surface area (Å²) in [5.41, 5.74) is 2.34. The summed E-state index contributed by atoms with van der Waals surface area (Å²) in [4.78, 5) is 31.9. The van der Waals surface area contributed by atoms with Gasteiger partial charge in [-0.15, -0.1) is 0 Å². The number of anilines is 1. The SMILES string of the molecule is CC(C)c1nccn1Cc1cccc(NC(=O)c2ccc(OCC(=O)N3C(C)CCCC3C)cc2)c1. The molecule has 0 saturated carbocycles. The summed E-state index contributed by atoms with van der Waals surface area (Å²) >= 11 is 0. The fourth-order valence-corrected chi connectivity index (χ4v) is 4.94. The maximum atomic E-state index is 12.8. The Morgan fingerprint density at radius 2 is 1.81 bits per heavy atom. The third kappa shape index (κ3) is 6.14. The average Bonchev–Trinajstić information content (AvgIpc) is 3.31. The number of hydrogen-bond donors (Lipinski definition) is 1. The normalized spacial score (nSPS) is 17.8. The van der Waals surface area contributed by atoms with E-state index in [4.69, 9.17) is 4.74 Å². The van der Waals surface area contributed by atoms with Gasteiger partial charge in [-0.05, 0) is 75.1 Å². The number of likely N-dealkylation sites (tertiary alicyclic amines) is 1. The van der Waals surface area contributed by atoms with Crippen LogP contribution in [-0.4, -0.2) is 45.0 Å². The number of nitrogens with zero attached hydrogens (tertiary/aromatic N) is 3. The van der Waals surface area contributed by atoms with Crippen LogP contribution >= 0.6 is 0 Å². The molecule has 0 aliphatic carbocycles. The van der Waals surface area contributed by atoms with Gasteiger partial charge in [-0.1, -0.05) is 26.0 Å². The Labute approximate surface area is 213 Å². The van der Waals surface area contributed by atoms with Crippen molar-refractivity contribution in [2.45, 2.75) is 71.5 Å². The van der Waals surface area contributed by atoms with Crippen molar-refractivity contribution < 1.29 is 14.3 Å². The Hall–Kier alpha value is -3.61. The average molecular weight is 489 g/mol. The maximum Gasteiger partial charge on any atom is 0.260 e. The molecule has 7 nitrogen and oxygen atoms in total. The first-order valence-electron chi connectivity index (χ1n) is 12.8. The highest BCUT2D eigenvalue weighted by atomic mass is 16.5. The Kier molecular flexibility index (Phi) is 8.08. The van der Waals surface area contributed by atoms with E-state index in [0.717, 1.165) is 36.3 Å². The summed E-state index contributed by atoms with van der Waals surface area (Å²) in [5.74, 6) is 1.75. The molecule has 7 heteroatoms. The first-order chi connectivity index (χ1) is 17.3. The number of hydrogen-bond acceptors (Lipinski definition) is 4. The number of piperidine rings is 1. The van der Waals surface area contributed by atoms with Crippen molar-refractivity contribution in [2.24, 2.45) is 0 Å². The molecule has 0 spiro atoms. The Balaban J connectivity index is 1.33. The molecule has 1 aliphatic heterocycles. The van der Waals surface area contributed by atoms with Gasteiger partial charge in [-0.2, -0.15) is 0 Å². The number of nitrogens with one attached hydrogen (secondary N) is 1. The van der Waals surface area contributed by atoms with Crippen molar-refractivity contribution >= 4 is 17.5 Å². The van der Waals surface area contributed by atoms with E-state index in [0.29, 0.717) is 23.8 Å². The standard InChI is InChI=1S/C29H36N4O3/c1-20(2)28-30-15-16-32(28)18-23-9-6-10-25(17-23)31-29(35)24-11-13-26(14-12-24)36-19-27(34)33-21(3)7-5-8-22(33)4/h6,9-17,20-22H,5,7-8,18-19H2,1-4H3,(H,31,35). The van der Waals surface area contributed by atoms with Crippen LogP contribution in [0, 0.1) is 0 Å². The van der Waals surface area contributed by atoms with Crippen molar-refractivity contribution in [1.29, 1.82) is 0 Å². The van der Waals surface area contributed by atoms with Crippen LogP contribution in [0.1, 0.15) is 74.6 Å². The van der Waals surface area contributed by atoms with E-state index >= 15 is 0 Å². The molecule has 1 aromatic heterocycles. The van der Waals surface area contributed by atoms with Crippen LogP contribution in [0.2, 0.25) is 0 Å². The van der Waals surface area contributed by atoms with E-state index in [1.165, 1.54) is 0 Å². The summed E-state index contributed by atoms with van der Waals surface area (Å²) < 4.78 is 7.86. The molecule has 2 atom stereocenters. The molecule has 36 heavy (non-hydrogen) atoms. The number of carbonyl (C=O) groups is 2. The first kappa shape index (κ1) is 25.5. The molecule has 2 amide bonds. The number of carbonyl (C=O) groups excluding carboxylic acids is 2. The summed E-state index contributed by atoms with van der Waals surface area (Å²) in [6.07, 6.45) is 7.02. The minimum absolute atomic E-state index is 0.00243. The largest absolute Gasteiger partial charge is 0.484 e. The fourth-order valence-electron chi connectivity index (χ4n) is 4.94. The van der Waals surface area contributed by atoms with Crippen LogP contribution in [0.3, 0.4) is 0 Å². The second kappa shape index (κ2) is 11.4. The smallest absolute Gasteiger partial charge is 0.260 e. The molecule has 0 radical (unpaired) electrons. The number of imidazole rings is 1. The van der Waals surface area contributed by atoms with Crippen molar-refractivity contribution in [2.75, 3.05) is 11.9 Å². The van der Waals surface area contributed by atoms with Gasteiger partial charge in [-0.3, -0.25) is 9.59 Å². The summed E-state index contributed by atoms with van der Waals surface area (Å²) in [7, 11) is 0.